The molecule has 6 nitrogen and oxygen atoms in total. The van der Waals surface area contributed by atoms with Gasteiger partial charge in [-0.15, -0.1) is 0 Å². The third kappa shape index (κ3) is 6.11. The molecule has 0 aliphatic heterocycles. The van der Waals surface area contributed by atoms with Gasteiger partial charge in [0.2, 0.25) is 5.78 Å². The number of urea groups is 1. The van der Waals surface area contributed by atoms with Crippen molar-refractivity contribution in [1.82, 2.24) is 5.32 Å². The third-order valence-corrected chi connectivity index (χ3v) is 4.27. The Hall–Kier alpha value is -2.86. The van der Waals surface area contributed by atoms with Crippen LogP contribution in [0.1, 0.15) is 39.5 Å². The summed E-state index contributed by atoms with van der Waals surface area (Å²) in [7, 11) is 0. The number of aryl methyl sites for hydroxylation is 2. The minimum atomic E-state index is -0.769. The molecule has 0 saturated heterocycles. The minimum absolute atomic E-state index is 0.162. The maximum absolute atomic E-state index is 12.3. The summed E-state index contributed by atoms with van der Waals surface area (Å²) in [6.07, 6.45) is -0.162. The molecule has 0 bridgehead atoms. The van der Waals surface area contributed by atoms with E-state index in [4.69, 9.17) is 22.1 Å². The lowest BCUT2D eigenvalue weighted by molar-refractivity contribution is -0.143. The van der Waals surface area contributed by atoms with Crippen LogP contribution in [-0.4, -0.2) is 24.4 Å². The number of carbonyl (C=O) groups is 3. The van der Waals surface area contributed by atoms with Crippen LogP contribution < -0.4 is 11.1 Å². The molecule has 27 heavy (non-hydrogen) atoms. The second-order valence-corrected chi connectivity index (χ2v) is 6.66. The molecule has 0 aromatic heterocycles. The van der Waals surface area contributed by atoms with Gasteiger partial charge in [0.25, 0.3) is 0 Å². The van der Waals surface area contributed by atoms with E-state index in [-0.39, 0.29) is 18.8 Å². The van der Waals surface area contributed by atoms with Crippen molar-refractivity contribution in [3.63, 3.8) is 0 Å². The Morgan fingerprint density at radius 2 is 1.78 bits per heavy atom. The summed E-state index contributed by atoms with van der Waals surface area (Å²) in [6, 6.07) is 10.7. The minimum Gasteiger partial charge on any atom is -0.457 e. The van der Waals surface area contributed by atoms with Crippen molar-refractivity contribution >= 4 is 29.4 Å². The number of Topliss-reactive ketones (excluding diaryl/α,β-unsaturated/α-hetero) is 1. The van der Waals surface area contributed by atoms with Crippen LogP contribution in [0, 0.1) is 13.8 Å². The summed E-state index contributed by atoms with van der Waals surface area (Å²) in [5.41, 5.74) is 8.12. The van der Waals surface area contributed by atoms with Gasteiger partial charge in [-0.25, -0.2) is 4.79 Å². The molecule has 3 N–H and O–H groups in total. The first-order valence-corrected chi connectivity index (χ1v) is 8.71. The Morgan fingerprint density at radius 3 is 2.41 bits per heavy atom. The molecule has 2 amide bonds. The Labute approximate surface area is 162 Å². The van der Waals surface area contributed by atoms with Gasteiger partial charge in [-0.3, -0.25) is 9.59 Å². The molecule has 2 aromatic rings. The number of hydrogen-bond acceptors (Lipinski definition) is 4. The van der Waals surface area contributed by atoms with Gasteiger partial charge in [0.15, 0.2) is 6.61 Å². The van der Waals surface area contributed by atoms with Crippen LogP contribution in [-0.2, 0) is 9.53 Å². The first-order chi connectivity index (χ1) is 12.8. The maximum atomic E-state index is 12.3. The van der Waals surface area contributed by atoms with Crippen LogP contribution in [0.15, 0.2) is 42.5 Å². The summed E-state index contributed by atoms with van der Waals surface area (Å²) in [4.78, 5) is 35.7. The second kappa shape index (κ2) is 9.19. The van der Waals surface area contributed by atoms with Crippen molar-refractivity contribution in [2.24, 2.45) is 5.73 Å². The Morgan fingerprint density at radius 1 is 1.11 bits per heavy atom. The number of hydrogen-bond donors (Lipinski definition) is 2. The van der Waals surface area contributed by atoms with Gasteiger partial charge in [-0.2, -0.15) is 0 Å². The van der Waals surface area contributed by atoms with Gasteiger partial charge in [-0.1, -0.05) is 41.4 Å². The predicted molar refractivity (Wildman–Crippen MR) is 103 cm³/mol. The Kier molecular flexibility index (Phi) is 6.96. The van der Waals surface area contributed by atoms with E-state index in [2.05, 4.69) is 5.32 Å². The number of primary amides is 1. The molecule has 0 aliphatic carbocycles. The molecule has 0 aliphatic rings. The molecule has 0 fully saturated rings. The quantitative estimate of drug-likeness (QED) is 0.560. The number of carbonyl (C=O) groups excluding carboxylic acids is 3. The molecular weight excluding hydrogens is 368 g/mol. The van der Waals surface area contributed by atoms with E-state index < -0.39 is 18.0 Å². The second-order valence-electron chi connectivity index (χ2n) is 6.22. The standard InChI is InChI=1S/C20H21ClN2O4/c1-12-3-4-13(2)16(9-12)18(24)11-27-19(25)10-17(23-20(22)26)14-5-7-15(21)8-6-14/h3-9,17H,10-11H2,1-2H3,(H3,22,23,26). The van der Waals surface area contributed by atoms with Crippen molar-refractivity contribution in [3.05, 3.63) is 69.7 Å². The molecule has 1 atom stereocenters. The van der Waals surface area contributed by atoms with E-state index in [9.17, 15) is 14.4 Å². The van der Waals surface area contributed by atoms with Gasteiger partial charge < -0.3 is 15.8 Å². The highest BCUT2D eigenvalue weighted by atomic mass is 35.5. The van der Waals surface area contributed by atoms with Gasteiger partial charge in [0, 0.05) is 10.6 Å². The van der Waals surface area contributed by atoms with Crippen LogP contribution in [0.4, 0.5) is 4.79 Å². The molecule has 1 unspecified atom stereocenters. The molecule has 2 rings (SSSR count). The van der Waals surface area contributed by atoms with Gasteiger partial charge in [-0.05, 0) is 43.2 Å². The normalized spacial score (nSPS) is 11.5. The monoisotopic (exact) mass is 388 g/mol. The lowest BCUT2D eigenvalue weighted by Gasteiger charge is -2.17. The number of amides is 2. The molecular formula is C20H21ClN2O4. The number of ether oxygens (including phenoxy) is 1. The van der Waals surface area contributed by atoms with Gasteiger partial charge in [0.05, 0.1) is 12.5 Å². The number of nitrogens with one attached hydrogen (secondary N) is 1. The van der Waals surface area contributed by atoms with Crippen molar-refractivity contribution in [3.8, 4) is 0 Å². The van der Waals surface area contributed by atoms with E-state index in [0.29, 0.717) is 16.1 Å². The largest absolute Gasteiger partial charge is 0.457 e. The highest BCUT2D eigenvalue weighted by Gasteiger charge is 2.20. The van der Waals surface area contributed by atoms with E-state index in [1.807, 2.05) is 26.0 Å². The summed E-state index contributed by atoms with van der Waals surface area (Å²) in [6.45, 7) is 3.34. The van der Waals surface area contributed by atoms with Crippen LogP contribution >= 0.6 is 11.6 Å². The number of halogens is 1. The Bertz CT molecular complexity index is 850. The van der Waals surface area contributed by atoms with E-state index >= 15 is 0 Å². The van der Waals surface area contributed by atoms with Gasteiger partial charge in [0.1, 0.15) is 0 Å². The molecule has 142 valence electrons. The smallest absolute Gasteiger partial charge is 0.312 e. The van der Waals surface area contributed by atoms with Gasteiger partial charge >= 0.3 is 12.0 Å². The molecule has 0 saturated carbocycles. The van der Waals surface area contributed by atoms with E-state index in [1.54, 1.807) is 30.3 Å². The summed E-state index contributed by atoms with van der Waals surface area (Å²) in [5, 5.41) is 3.02. The highest BCUT2D eigenvalue weighted by Crippen LogP contribution is 2.20. The average Bonchev–Trinajstić information content (AvgIpc) is 2.61. The number of ketones is 1. The first kappa shape index (κ1) is 20.5. The molecule has 2 aromatic carbocycles. The zero-order chi connectivity index (χ0) is 20.0. The van der Waals surface area contributed by atoms with E-state index in [1.165, 1.54) is 0 Å². The van der Waals surface area contributed by atoms with Crippen molar-refractivity contribution in [2.45, 2.75) is 26.3 Å². The lowest BCUT2D eigenvalue weighted by Crippen LogP contribution is -2.34. The van der Waals surface area contributed by atoms with Crippen LogP contribution in [0.5, 0.6) is 0 Å². The topological polar surface area (TPSA) is 98.5 Å². The SMILES string of the molecule is Cc1ccc(C)c(C(=O)COC(=O)CC(NC(N)=O)c2ccc(Cl)cc2)c1. The third-order valence-electron chi connectivity index (χ3n) is 4.02. The predicted octanol–water partition coefficient (Wildman–Crippen LogP) is 3.48. The lowest BCUT2D eigenvalue weighted by atomic mass is 10.0. The fourth-order valence-corrected chi connectivity index (χ4v) is 2.73. The van der Waals surface area contributed by atoms with Crippen molar-refractivity contribution in [2.75, 3.05) is 6.61 Å². The summed E-state index contributed by atoms with van der Waals surface area (Å²) < 4.78 is 5.10. The average molecular weight is 389 g/mol. The fraction of sp³-hybridized carbons (Fsp3) is 0.250. The summed E-state index contributed by atoms with van der Waals surface area (Å²) >= 11 is 5.85. The molecule has 0 spiro atoms. The van der Waals surface area contributed by atoms with E-state index in [0.717, 1.165) is 11.1 Å². The van der Waals surface area contributed by atoms with Crippen LogP contribution in [0.2, 0.25) is 5.02 Å². The van der Waals surface area contributed by atoms with Crippen molar-refractivity contribution in [1.29, 1.82) is 0 Å². The highest BCUT2D eigenvalue weighted by molar-refractivity contribution is 6.30. The molecule has 0 heterocycles. The summed E-state index contributed by atoms with van der Waals surface area (Å²) in [5.74, 6) is -0.905. The van der Waals surface area contributed by atoms with Crippen molar-refractivity contribution < 1.29 is 19.1 Å². The molecule has 7 heteroatoms. The number of nitrogens with two attached hydrogens (primary N) is 1. The molecule has 0 radical (unpaired) electrons. The Balaban J connectivity index is 2.00. The first-order valence-electron chi connectivity index (χ1n) is 8.33. The zero-order valence-electron chi connectivity index (χ0n) is 15.1. The van der Waals surface area contributed by atoms with Crippen LogP contribution in [0.25, 0.3) is 0 Å². The fourth-order valence-electron chi connectivity index (χ4n) is 2.60. The number of rotatable bonds is 7. The number of esters is 1. The number of benzene rings is 2. The van der Waals surface area contributed by atoms with Crippen LogP contribution in [0.3, 0.4) is 0 Å². The maximum Gasteiger partial charge on any atom is 0.312 e. The zero-order valence-corrected chi connectivity index (χ0v) is 15.9.